The van der Waals surface area contributed by atoms with E-state index in [9.17, 15) is 0 Å². The summed E-state index contributed by atoms with van der Waals surface area (Å²) in [5.41, 5.74) is 5.84. The number of aromatic nitrogens is 3. The van der Waals surface area contributed by atoms with Gasteiger partial charge in [0.2, 0.25) is 0 Å². The predicted octanol–water partition coefficient (Wildman–Crippen LogP) is 3.73. The van der Waals surface area contributed by atoms with Gasteiger partial charge in [-0.2, -0.15) is 0 Å². The van der Waals surface area contributed by atoms with Crippen molar-refractivity contribution in [3.63, 3.8) is 0 Å². The summed E-state index contributed by atoms with van der Waals surface area (Å²) in [7, 11) is 0. The van der Waals surface area contributed by atoms with Crippen LogP contribution in [0.5, 0.6) is 0 Å². The summed E-state index contributed by atoms with van der Waals surface area (Å²) in [4.78, 5) is 2.25. The summed E-state index contributed by atoms with van der Waals surface area (Å²) in [6.07, 6.45) is 2.87. The summed E-state index contributed by atoms with van der Waals surface area (Å²) in [5.74, 6) is 0. The molecular formula is C21H24N4O. The van der Waals surface area contributed by atoms with E-state index in [1.54, 1.807) is 0 Å². The summed E-state index contributed by atoms with van der Waals surface area (Å²) < 4.78 is 7.83. The second-order valence-corrected chi connectivity index (χ2v) is 6.77. The molecule has 5 heteroatoms. The molecular weight excluding hydrogens is 324 g/mol. The summed E-state index contributed by atoms with van der Waals surface area (Å²) >= 11 is 0. The highest BCUT2D eigenvalue weighted by atomic mass is 16.5. The van der Waals surface area contributed by atoms with Crippen molar-refractivity contribution in [1.82, 2.24) is 15.0 Å². The lowest BCUT2D eigenvalue weighted by Crippen LogP contribution is -2.23. The normalized spacial score (nSPS) is 17.0. The van der Waals surface area contributed by atoms with E-state index in [4.69, 9.17) is 4.74 Å². The lowest BCUT2D eigenvalue weighted by molar-refractivity contribution is 0.110. The van der Waals surface area contributed by atoms with Crippen molar-refractivity contribution in [3.8, 4) is 0 Å². The van der Waals surface area contributed by atoms with Gasteiger partial charge in [0.25, 0.3) is 0 Å². The van der Waals surface area contributed by atoms with Crippen molar-refractivity contribution >= 4 is 5.69 Å². The van der Waals surface area contributed by atoms with Crippen molar-refractivity contribution < 1.29 is 4.74 Å². The van der Waals surface area contributed by atoms with Crippen molar-refractivity contribution in [2.45, 2.75) is 33.0 Å². The monoisotopic (exact) mass is 348 g/mol. The highest BCUT2D eigenvalue weighted by molar-refractivity contribution is 5.49. The van der Waals surface area contributed by atoms with Gasteiger partial charge in [0, 0.05) is 12.2 Å². The Bertz CT molecular complexity index is 872. The maximum atomic E-state index is 5.96. The number of aryl methyl sites for hydroxylation is 2. The highest BCUT2D eigenvalue weighted by Crippen LogP contribution is 2.31. The van der Waals surface area contributed by atoms with Gasteiger partial charge in [-0.25, -0.2) is 4.68 Å². The van der Waals surface area contributed by atoms with Gasteiger partial charge in [-0.3, -0.25) is 0 Å². The van der Waals surface area contributed by atoms with Gasteiger partial charge in [0.1, 0.15) is 5.69 Å². The van der Waals surface area contributed by atoms with Crippen LogP contribution in [0.15, 0.2) is 54.7 Å². The average molecular weight is 348 g/mol. The van der Waals surface area contributed by atoms with Gasteiger partial charge in [-0.1, -0.05) is 54.1 Å². The topological polar surface area (TPSA) is 43.2 Å². The molecule has 1 aliphatic rings. The Morgan fingerprint density at radius 2 is 1.96 bits per heavy atom. The van der Waals surface area contributed by atoms with Crippen LogP contribution in [-0.4, -0.2) is 28.1 Å². The van der Waals surface area contributed by atoms with Gasteiger partial charge in [-0.15, -0.1) is 5.10 Å². The molecule has 0 bridgehead atoms. The van der Waals surface area contributed by atoms with E-state index in [-0.39, 0.29) is 6.23 Å². The molecule has 0 spiro atoms. The molecule has 0 N–H and O–H groups in total. The molecule has 3 aromatic rings. The Kier molecular flexibility index (Phi) is 4.71. The summed E-state index contributed by atoms with van der Waals surface area (Å²) in [6.45, 7) is 6.55. The molecule has 2 heterocycles. The number of anilines is 1. The Morgan fingerprint density at radius 1 is 1.12 bits per heavy atom. The molecule has 1 aliphatic heterocycles. The van der Waals surface area contributed by atoms with Crippen molar-refractivity contribution in [2.75, 3.05) is 18.1 Å². The molecule has 1 atom stereocenters. The van der Waals surface area contributed by atoms with E-state index in [2.05, 4.69) is 77.6 Å². The van der Waals surface area contributed by atoms with Crippen LogP contribution < -0.4 is 4.90 Å². The van der Waals surface area contributed by atoms with Crippen LogP contribution in [0.1, 0.15) is 35.5 Å². The third-order valence-electron chi connectivity index (χ3n) is 4.80. The van der Waals surface area contributed by atoms with E-state index in [0.717, 1.165) is 24.3 Å². The number of nitrogens with zero attached hydrogens (tertiary/aromatic N) is 4. The highest BCUT2D eigenvalue weighted by Gasteiger charge is 2.29. The van der Waals surface area contributed by atoms with E-state index >= 15 is 0 Å². The van der Waals surface area contributed by atoms with Crippen molar-refractivity contribution in [2.24, 2.45) is 0 Å². The standard InChI is InChI=1S/C21H24N4O/c1-3-17-7-9-19(10-8-17)25-11-12-26-21(25)20-15-24(23-22-20)14-18-6-4-5-16(2)13-18/h4-10,13,15,21H,3,11-12,14H2,1-2H3. The predicted molar refractivity (Wildman–Crippen MR) is 102 cm³/mol. The number of hydrogen-bond donors (Lipinski definition) is 0. The van der Waals surface area contributed by atoms with Gasteiger partial charge in [0.15, 0.2) is 6.23 Å². The maximum Gasteiger partial charge on any atom is 0.177 e. The zero-order chi connectivity index (χ0) is 17.9. The Morgan fingerprint density at radius 3 is 2.73 bits per heavy atom. The summed E-state index contributed by atoms with van der Waals surface area (Å²) in [5, 5.41) is 8.67. The van der Waals surface area contributed by atoms with E-state index in [0.29, 0.717) is 13.2 Å². The zero-order valence-corrected chi connectivity index (χ0v) is 15.3. The second-order valence-electron chi connectivity index (χ2n) is 6.77. The van der Waals surface area contributed by atoms with E-state index in [1.807, 2.05) is 10.9 Å². The maximum absolute atomic E-state index is 5.96. The first kappa shape index (κ1) is 16.8. The molecule has 1 aromatic heterocycles. The minimum absolute atomic E-state index is 0.172. The lowest BCUT2D eigenvalue weighted by atomic mass is 10.1. The number of ether oxygens (including phenoxy) is 1. The molecule has 1 unspecified atom stereocenters. The SMILES string of the molecule is CCc1ccc(N2CCOC2c2cn(Cc3cccc(C)c3)nn2)cc1. The van der Waals surface area contributed by atoms with Gasteiger partial charge < -0.3 is 9.64 Å². The number of hydrogen-bond acceptors (Lipinski definition) is 4. The molecule has 1 saturated heterocycles. The molecule has 5 nitrogen and oxygen atoms in total. The fraction of sp³-hybridized carbons (Fsp3) is 0.333. The van der Waals surface area contributed by atoms with Gasteiger partial charge >= 0.3 is 0 Å². The minimum Gasteiger partial charge on any atom is -0.350 e. The zero-order valence-electron chi connectivity index (χ0n) is 15.3. The molecule has 2 aromatic carbocycles. The van der Waals surface area contributed by atoms with Gasteiger partial charge in [-0.05, 0) is 36.6 Å². The fourth-order valence-electron chi connectivity index (χ4n) is 3.40. The Balaban J connectivity index is 1.52. The number of rotatable bonds is 5. The van der Waals surface area contributed by atoms with Crippen LogP contribution in [0.2, 0.25) is 0 Å². The first-order valence-electron chi connectivity index (χ1n) is 9.15. The van der Waals surface area contributed by atoms with Gasteiger partial charge in [0.05, 0.1) is 19.3 Å². The molecule has 0 saturated carbocycles. The van der Waals surface area contributed by atoms with Crippen LogP contribution >= 0.6 is 0 Å². The third-order valence-corrected chi connectivity index (χ3v) is 4.80. The third kappa shape index (κ3) is 3.48. The molecule has 26 heavy (non-hydrogen) atoms. The molecule has 0 aliphatic carbocycles. The second kappa shape index (κ2) is 7.30. The number of benzene rings is 2. The minimum atomic E-state index is -0.172. The van der Waals surface area contributed by atoms with E-state index < -0.39 is 0 Å². The lowest BCUT2D eigenvalue weighted by Gasteiger charge is -2.23. The molecule has 4 rings (SSSR count). The average Bonchev–Trinajstić information content (AvgIpc) is 3.31. The Labute approximate surface area is 154 Å². The Hall–Kier alpha value is -2.66. The van der Waals surface area contributed by atoms with Crippen LogP contribution in [0.3, 0.4) is 0 Å². The smallest absolute Gasteiger partial charge is 0.177 e. The largest absolute Gasteiger partial charge is 0.350 e. The first-order valence-corrected chi connectivity index (χ1v) is 9.15. The van der Waals surface area contributed by atoms with Crippen LogP contribution in [0.4, 0.5) is 5.69 Å². The quantitative estimate of drug-likeness (QED) is 0.705. The summed E-state index contributed by atoms with van der Waals surface area (Å²) in [6, 6.07) is 17.2. The van der Waals surface area contributed by atoms with Crippen LogP contribution in [0, 0.1) is 6.92 Å². The van der Waals surface area contributed by atoms with Crippen molar-refractivity contribution in [1.29, 1.82) is 0 Å². The van der Waals surface area contributed by atoms with Crippen LogP contribution in [-0.2, 0) is 17.7 Å². The molecule has 134 valence electrons. The fourth-order valence-corrected chi connectivity index (χ4v) is 3.40. The first-order chi connectivity index (χ1) is 12.7. The van der Waals surface area contributed by atoms with Crippen molar-refractivity contribution in [3.05, 3.63) is 77.1 Å². The molecule has 1 fully saturated rings. The molecule has 0 radical (unpaired) electrons. The van der Waals surface area contributed by atoms with Crippen LogP contribution in [0.25, 0.3) is 0 Å². The van der Waals surface area contributed by atoms with E-state index in [1.165, 1.54) is 16.7 Å². The molecule has 0 amide bonds.